The first-order chi connectivity index (χ1) is 5.16. The van der Waals surface area contributed by atoms with Crippen molar-refractivity contribution in [3.63, 3.8) is 0 Å². The van der Waals surface area contributed by atoms with Gasteiger partial charge in [-0.3, -0.25) is 0 Å². The fourth-order valence-electron chi connectivity index (χ4n) is 1.67. The van der Waals surface area contributed by atoms with Crippen LogP contribution in [0.5, 0.6) is 0 Å². The summed E-state index contributed by atoms with van der Waals surface area (Å²) >= 11 is 0. The molecule has 0 amide bonds. The molecule has 0 aromatic carbocycles. The molecule has 0 fully saturated rings. The zero-order valence-corrected chi connectivity index (χ0v) is 9.84. The Morgan fingerprint density at radius 2 is 1.82 bits per heavy atom. The molecule has 0 aromatic rings. The normalized spacial score (nSPS) is 13.9. The number of hydrogen-bond donors (Lipinski definition) is 0. The lowest BCUT2D eigenvalue weighted by Crippen LogP contribution is -2.06. The van der Waals surface area contributed by atoms with Gasteiger partial charge < -0.3 is 0 Å². The molecule has 1 atom stereocenters. The SMILES string of the molecule is CCCCCC(C)C[SiH](C)C. The van der Waals surface area contributed by atoms with E-state index in [0.717, 1.165) is 5.92 Å². The summed E-state index contributed by atoms with van der Waals surface area (Å²) in [5, 5.41) is 0. The first-order valence-electron chi connectivity index (χ1n) is 5.16. The van der Waals surface area contributed by atoms with Gasteiger partial charge in [-0.05, 0) is 5.92 Å². The van der Waals surface area contributed by atoms with Gasteiger partial charge in [0.25, 0.3) is 0 Å². The van der Waals surface area contributed by atoms with Crippen molar-refractivity contribution in [3.8, 4) is 0 Å². The molecule has 0 aromatic heterocycles. The fourth-order valence-corrected chi connectivity index (χ4v) is 3.51. The summed E-state index contributed by atoms with van der Waals surface area (Å²) in [6.45, 7) is 9.61. The molecule has 0 aliphatic rings. The summed E-state index contributed by atoms with van der Waals surface area (Å²) in [6.07, 6.45) is 5.73. The van der Waals surface area contributed by atoms with E-state index in [9.17, 15) is 0 Å². The van der Waals surface area contributed by atoms with E-state index in [1.807, 2.05) is 0 Å². The molecule has 0 aliphatic carbocycles. The van der Waals surface area contributed by atoms with E-state index < -0.39 is 0 Å². The van der Waals surface area contributed by atoms with Gasteiger partial charge in [0, 0.05) is 8.80 Å². The highest BCUT2D eigenvalue weighted by molar-refractivity contribution is 6.55. The average Bonchev–Trinajstić information content (AvgIpc) is 1.86. The molecule has 1 unspecified atom stereocenters. The summed E-state index contributed by atoms with van der Waals surface area (Å²) in [6, 6.07) is 1.55. The van der Waals surface area contributed by atoms with Crippen molar-refractivity contribution in [2.45, 2.75) is 58.7 Å². The quantitative estimate of drug-likeness (QED) is 0.423. The fraction of sp³-hybridized carbons (Fsp3) is 1.00. The molecule has 0 spiro atoms. The van der Waals surface area contributed by atoms with Crippen molar-refractivity contribution < 1.29 is 0 Å². The van der Waals surface area contributed by atoms with Crippen LogP contribution in [-0.2, 0) is 0 Å². The molecular formula is C10H24Si. The van der Waals surface area contributed by atoms with Gasteiger partial charge in [0.1, 0.15) is 0 Å². The lowest BCUT2D eigenvalue weighted by Gasteiger charge is -2.12. The lowest BCUT2D eigenvalue weighted by atomic mass is 10.1. The summed E-state index contributed by atoms with van der Waals surface area (Å²) in [7, 11) is -0.280. The van der Waals surface area contributed by atoms with Crippen LogP contribution in [0, 0.1) is 5.92 Å². The van der Waals surface area contributed by atoms with Gasteiger partial charge >= 0.3 is 0 Å². The Hall–Kier alpha value is 0.217. The van der Waals surface area contributed by atoms with E-state index >= 15 is 0 Å². The van der Waals surface area contributed by atoms with Crippen LogP contribution in [0.25, 0.3) is 0 Å². The predicted octanol–water partition coefficient (Wildman–Crippen LogP) is 3.69. The number of unbranched alkanes of at least 4 members (excludes halogenated alkanes) is 2. The Labute approximate surface area is 74.0 Å². The van der Waals surface area contributed by atoms with Crippen molar-refractivity contribution >= 4 is 8.80 Å². The molecule has 11 heavy (non-hydrogen) atoms. The van der Waals surface area contributed by atoms with Crippen LogP contribution < -0.4 is 0 Å². The smallest absolute Gasteiger partial charge is 0.0308 e. The second-order valence-electron chi connectivity index (χ2n) is 4.23. The molecule has 0 rings (SSSR count). The largest absolute Gasteiger partial charge is 0.0722 e. The maximum absolute atomic E-state index is 2.45. The molecule has 0 bridgehead atoms. The third-order valence-corrected chi connectivity index (χ3v) is 3.92. The highest BCUT2D eigenvalue weighted by Crippen LogP contribution is 2.15. The number of hydrogen-bond acceptors (Lipinski definition) is 0. The van der Waals surface area contributed by atoms with Crippen LogP contribution in [0.1, 0.15) is 39.5 Å². The second kappa shape index (κ2) is 6.90. The molecule has 0 aliphatic heterocycles. The summed E-state index contributed by atoms with van der Waals surface area (Å²) < 4.78 is 0. The van der Waals surface area contributed by atoms with Gasteiger partial charge in [-0.2, -0.15) is 0 Å². The monoisotopic (exact) mass is 172 g/mol. The summed E-state index contributed by atoms with van der Waals surface area (Å²) in [4.78, 5) is 0. The Morgan fingerprint density at radius 3 is 2.27 bits per heavy atom. The Morgan fingerprint density at radius 1 is 1.18 bits per heavy atom. The van der Waals surface area contributed by atoms with Crippen LogP contribution in [0.3, 0.4) is 0 Å². The first kappa shape index (κ1) is 11.2. The van der Waals surface area contributed by atoms with Gasteiger partial charge in [-0.1, -0.05) is 58.7 Å². The predicted molar refractivity (Wildman–Crippen MR) is 57.0 cm³/mol. The van der Waals surface area contributed by atoms with E-state index in [4.69, 9.17) is 0 Å². The van der Waals surface area contributed by atoms with Crippen LogP contribution in [0.4, 0.5) is 0 Å². The van der Waals surface area contributed by atoms with Crippen molar-refractivity contribution in [2.75, 3.05) is 0 Å². The summed E-state index contributed by atoms with van der Waals surface area (Å²) in [5.74, 6) is 1.01. The van der Waals surface area contributed by atoms with Gasteiger partial charge in [0.2, 0.25) is 0 Å². The lowest BCUT2D eigenvalue weighted by molar-refractivity contribution is 0.531. The molecule has 0 nitrogen and oxygen atoms in total. The van der Waals surface area contributed by atoms with Gasteiger partial charge in [-0.25, -0.2) is 0 Å². The van der Waals surface area contributed by atoms with Crippen LogP contribution in [0.2, 0.25) is 19.1 Å². The topological polar surface area (TPSA) is 0 Å². The molecule has 0 radical (unpaired) electrons. The van der Waals surface area contributed by atoms with Crippen molar-refractivity contribution in [2.24, 2.45) is 5.92 Å². The minimum atomic E-state index is -0.280. The Balaban J connectivity index is 3.15. The summed E-state index contributed by atoms with van der Waals surface area (Å²) in [5.41, 5.74) is 0. The van der Waals surface area contributed by atoms with Crippen molar-refractivity contribution in [1.82, 2.24) is 0 Å². The zero-order chi connectivity index (χ0) is 8.69. The standard InChI is InChI=1S/C10H24Si/c1-5-6-7-8-10(2)9-11(3)4/h10-11H,5-9H2,1-4H3. The van der Waals surface area contributed by atoms with Gasteiger partial charge in [-0.15, -0.1) is 0 Å². The molecule has 0 N–H and O–H groups in total. The van der Waals surface area contributed by atoms with E-state index in [1.54, 1.807) is 6.04 Å². The maximum atomic E-state index is 2.45. The average molecular weight is 172 g/mol. The molecule has 0 heterocycles. The van der Waals surface area contributed by atoms with Crippen molar-refractivity contribution in [1.29, 1.82) is 0 Å². The molecule has 0 saturated heterocycles. The molecule has 1 heteroatoms. The number of rotatable bonds is 6. The highest BCUT2D eigenvalue weighted by atomic mass is 28.3. The zero-order valence-electron chi connectivity index (χ0n) is 8.69. The Kier molecular flexibility index (Phi) is 7.03. The van der Waals surface area contributed by atoms with Crippen LogP contribution in [-0.4, -0.2) is 8.80 Å². The van der Waals surface area contributed by atoms with Crippen LogP contribution >= 0.6 is 0 Å². The third kappa shape index (κ3) is 8.12. The highest BCUT2D eigenvalue weighted by Gasteiger charge is 2.04. The first-order valence-corrected chi connectivity index (χ1v) is 8.29. The van der Waals surface area contributed by atoms with Gasteiger partial charge in [0.05, 0.1) is 0 Å². The minimum Gasteiger partial charge on any atom is -0.0722 e. The minimum absolute atomic E-state index is 0.280. The van der Waals surface area contributed by atoms with E-state index in [0.29, 0.717) is 0 Å². The molecule has 0 saturated carbocycles. The second-order valence-corrected chi connectivity index (χ2v) is 7.49. The van der Waals surface area contributed by atoms with Crippen molar-refractivity contribution in [3.05, 3.63) is 0 Å². The maximum Gasteiger partial charge on any atom is 0.0308 e. The van der Waals surface area contributed by atoms with E-state index in [1.165, 1.54) is 25.7 Å². The van der Waals surface area contributed by atoms with E-state index in [-0.39, 0.29) is 8.80 Å². The van der Waals surface area contributed by atoms with Gasteiger partial charge in [0.15, 0.2) is 0 Å². The Bertz CT molecular complexity index is 78.9. The third-order valence-electron chi connectivity index (χ3n) is 2.17. The van der Waals surface area contributed by atoms with Crippen LogP contribution in [0.15, 0.2) is 0 Å². The molecular weight excluding hydrogens is 148 g/mol. The molecule has 68 valence electrons. The van der Waals surface area contributed by atoms with E-state index in [2.05, 4.69) is 26.9 Å².